The van der Waals surface area contributed by atoms with E-state index in [1.54, 1.807) is 42.5 Å². The molecule has 1 aliphatic heterocycles. The first-order valence-corrected chi connectivity index (χ1v) is 10.5. The maximum atomic E-state index is 12.1. The van der Waals surface area contributed by atoms with Crippen molar-refractivity contribution in [2.45, 2.75) is 6.54 Å². The number of rotatable bonds is 7. The Hall–Kier alpha value is -2.78. The first kappa shape index (κ1) is 20.0. The van der Waals surface area contributed by atoms with Gasteiger partial charge >= 0.3 is 0 Å². The van der Waals surface area contributed by atoms with Crippen LogP contribution in [0.2, 0.25) is 0 Å². The van der Waals surface area contributed by atoms with Gasteiger partial charge in [0.15, 0.2) is 18.1 Å². The summed E-state index contributed by atoms with van der Waals surface area (Å²) >= 11 is 0. The topological polar surface area (TPSA) is 94.2 Å². The highest BCUT2D eigenvalue weighted by Gasteiger charge is 2.13. The van der Waals surface area contributed by atoms with E-state index in [9.17, 15) is 13.2 Å². The van der Waals surface area contributed by atoms with E-state index in [1.807, 2.05) is 0 Å². The van der Waals surface area contributed by atoms with Crippen LogP contribution in [-0.4, -0.2) is 51.8 Å². The van der Waals surface area contributed by atoms with E-state index in [-0.39, 0.29) is 19.1 Å². The average Bonchev–Trinajstić information content (AvgIpc) is 2.66. The van der Waals surface area contributed by atoms with Crippen molar-refractivity contribution in [3.63, 3.8) is 0 Å². The van der Waals surface area contributed by atoms with E-state index in [0.717, 1.165) is 11.8 Å². The lowest BCUT2D eigenvalue weighted by Crippen LogP contribution is -2.24. The van der Waals surface area contributed by atoms with E-state index in [2.05, 4.69) is 5.32 Å². The molecule has 0 saturated heterocycles. The molecule has 1 amide bonds. The van der Waals surface area contributed by atoms with Crippen molar-refractivity contribution in [1.29, 1.82) is 0 Å². The van der Waals surface area contributed by atoms with Gasteiger partial charge in [-0.25, -0.2) is 12.7 Å². The van der Waals surface area contributed by atoms with E-state index in [1.165, 1.54) is 11.4 Å². The Morgan fingerprint density at radius 2 is 1.79 bits per heavy atom. The summed E-state index contributed by atoms with van der Waals surface area (Å²) < 4.78 is 40.6. The fourth-order valence-electron chi connectivity index (χ4n) is 2.53. The molecule has 0 spiro atoms. The van der Waals surface area contributed by atoms with Crippen LogP contribution in [0.1, 0.15) is 5.56 Å². The number of fused-ring (bicyclic) bond motifs is 1. The Kier molecular flexibility index (Phi) is 6.05. The number of carbonyl (C=O) groups is 1. The van der Waals surface area contributed by atoms with Gasteiger partial charge in [0, 0.05) is 25.3 Å². The molecule has 0 unspecified atom stereocenters. The second-order valence-electron chi connectivity index (χ2n) is 6.36. The average molecular weight is 406 g/mol. The fraction of sp³-hybridized carbons (Fsp3) is 0.316. The molecule has 1 heterocycles. The van der Waals surface area contributed by atoms with E-state index in [4.69, 9.17) is 14.2 Å². The Bertz CT molecular complexity index is 943. The molecule has 0 radical (unpaired) electrons. The summed E-state index contributed by atoms with van der Waals surface area (Å²) in [5, 5.41) is 2.74. The third-order valence-electron chi connectivity index (χ3n) is 4.09. The summed E-state index contributed by atoms with van der Waals surface area (Å²) in [7, 11) is -1.72. The summed E-state index contributed by atoms with van der Waals surface area (Å²) in [4.78, 5) is 12.1. The molecular weight excluding hydrogens is 384 g/mol. The maximum Gasteiger partial charge on any atom is 0.262 e. The Balaban J connectivity index is 1.50. The van der Waals surface area contributed by atoms with Gasteiger partial charge in [-0.15, -0.1) is 0 Å². The van der Waals surface area contributed by atoms with Crippen molar-refractivity contribution in [3.05, 3.63) is 48.0 Å². The van der Waals surface area contributed by atoms with E-state index < -0.39 is 10.0 Å². The zero-order valence-corrected chi connectivity index (χ0v) is 16.5. The smallest absolute Gasteiger partial charge is 0.262 e. The van der Waals surface area contributed by atoms with Crippen LogP contribution in [0.5, 0.6) is 17.2 Å². The quantitative estimate of drug-likeness (QED) is 0.754. The Morgan fingerprint density at radius 1 is 1.11 bits per heavy atom. The van der Waals surface area contributed by atoms with Gasteiger partial charge in [-0.05, 0) is 29.8 Å². The first-order chi connectivity index (χ1) is 13.3. The van der Waals surface area contributed by atoms with Crippen LogP contribution in [0.3, 0.4) is 0 Å². The minimum Gasteiger partial charge on any atom is -0.486 e. The zero-order valence-electron chi connectivity index (χ0n) is 15.7. The van der Waals surface area contributed by atoms with Crippen LogP contribution in [-0.2, 0) is 21.4 Å². The van der Waals surface area contributed by atoms with Crippen molar-refractivity contribution in [3.8, 4) is 17.2 Å². The summed E-state index contributed by atoms with van der Waals surface area (Å²) in [5.74, 6) is 1.46. The minimum atomic E-state index is -3.24. The van der Waals surface area contributed by atoms with Crippen molar-refractivity contribution in [2.24, 2.45) is 0 Å². The molecule has 0 bridgehead atoms. The summed E-state index contributed by atoms with van der Waals surface area (Å²) in [6.07, 6.45) is 1.16. The molecule has 3 rings (SSSR count). The second-order valence-corrected chi connectivity index (χ2v) is 8.45. The SMILES string of the molecule is CN(Cc1ccc(OCC(=O)Nc2ccc3c(c2)OCCO3)cc1)S(C)(=O)=O. The highest BCUT2D eigenvalue weighted by molar-refractivity contribution is 7.88. The molecule has 0 aliphatic carbocycles. The number of hydrogen-bond acceptors (Lipinski definition) is 6. The molecular formula is C19H22N2O6S. The zero-order chi connectivity index (χ0) is 20.1. The van der Waals surface area contributed by atoms with Crippen LogP contribution < -0.4 is 19.5 Å². The molecule has 2 aromatic carbocycles. The van der Waals surface area contributed by atoms with Crippen LogP contribution in [0.15, 0.2) is 42.5 Å². The molecule has 1 N–H and O–H groups in total. The molecule has 28 heavy (non-hydrogen) atoms. The third kappa shape index (κ3) is 5.37. The molecule has 0 atom stereocenters. The number of ether oxygens (including phenoxy) is 3. The number of anilines is 1. The number of benzene rings is 2. The van der Waals surface area contributed by atoms with Gasteiger partial charge in [-0.1, -0.05) is 12.1 Å². The van der Waals surface area contributed by atoms with E-state index in [0.29, 0.717) is 36.1 Å². The highest BCUT2D eigenvalue weighted by Crippen LogP contribution is 2.32. The molecule has 9 heteroatoms. The molecule has 1 aliphatic rings. The largest absolute Gasteiger partial charge is 0.486 e. The molecule has 150 valence electrons. The normalized spacial score (nSPS) is 13.2. The minimum absolute atomic E-state index is 0.156. The van der Waals surface area contributed by atoms with Crippen LogP contribution in [0.25, 0.3) is 0 Å². The van der Waals surface area contributed by atoms with Gasteiger partial charge in [0.25, 0.3) is 5.91 Å². The molecule has 8 nitrogen and oxygen atoms in total. The summed E-state index contributed by atoms with van der Waals surface area (Å²) in [6.45, 7) is 1.10. The van der Waals surface area contributed by atoms with Crippen molar-refractivity contribution in [1.82, 2.24) is 4.31 Å². The highest BCUT2D eigenvalue weighted by atomic mass is 32.2. The molecule has 2 aromatic rings. The van der Waals surface area contributed by atoms with Crippen molar-refractivity contribution >= 4 is 21.6 Å². The predicted molar refractivity (Wildman–Crippen MR) is 104 cm³/mol. The Labute approximate surface area is 164 Å². The van der Waals surface area contributed by atoms with Gasteiger partial charge in [0.2, 0.25) is 10.0 Å². The fourth-order valence-corrected chi connectivity index (χ4v) is 2.92. The molecule has 0 fully saturated rings. The number of hydrogen-bond donors (Lipinski definition) is 1. The summed E-state index contributed by atoms with van der Waals surface area (Å²) in [6, 6.07) is 12.1. The lowest BCUT2D eigenvalue weighted by atomic mass is 10.2. The predicted octanol–water partition coefficient (Wildman–Crippen LogP) is 1.87. The van der Waals surface area contributed by atoms with Crippen molar-refractivity contribution in [2.75, 3.05) is 38.4 Å². The maximum absolute atomic E-state index is 12.1. The van der Waals surface area contributed by atoms with Gasteiger partial charge in [0.05, 0.1) is 6.26 Å². The van der Waals surface area contributed by atoms with Crippen LogP contribution in [0.4, 0.5) is 5.69 Å². The van der Waals surface area contributed by atoms with Gasteiger partial charge in [-0.2, -0.15) is 0 Å². The number of nitrogens with zero attached hydrogens (tertiary/aromatic N) is 1. The van der Waals surface area contributed by atoms with Gasteiger partial charge in [-0.3, -0.25) is 4.79 Å². The summed E-state index contributed by atoms with van der Waals surface area (Å²) in [5.41, 5.74) is 1.41. The second kappa shape index (κ2) is 8.49. The number of nitrogens with one attached hydrogen (secondary N) is 1. The van der Waals surface area contributed by atoms with Gasteiger partial charge in [0.1, 0.15) is 19.0 Å². The Morgan fingerprint density at radius 3 is 2.46 bits per heavy atom. The van der Waals surface area contributed by atoms with Crippen LogP contribution in [0, 0.1) is 0 Å². The van der Waals surface area contributed by atoms with E-state index >= 15 is 0 Å². The first-order valence-electron chi connectivity index (χ1n) is 8.64. The number of carbonyl (C=O) groups excluding carboxylic acids is 1. The lowest BCUT2D eigenvalue weighted by molar-refractivity contribution is -0.118. The standard InChI is InChI=1S/C19H22N2O6S/c1-21(28(2,23)24)12-14-3-6-16(7-4-14)27-13-19(22)20-15-5-8-17-18(11-15)26-10-9-25-17/h3-8,11H,9-10,12-13H2,1-2H3,(H,20,22). The monoisotopic (exact) mass is 406 g/mol. The van der Waals surface area contributed by atoms with Gasteiger partial charge < -0.3 is 19.5 Å². The number of sulfonamides is 1. The molecule has 0 saturated carbocycles. The third-order valence-corrected chi connectivity index (χ3v) is 5.35. The van der Waals surface area contributed by atoms with Crippen LogP contribution >= 0.6 is 0 Å². The lowest BCUT2D eigenvalue weighted by Gasteiger charge is -2.19. The van der Waals surface area contributed by atoms with Crippen molar-refractivity contribution < 1.29 is 27.4 Å². The number of amides is 1. The molecule has 0 aromatic heterocycles.